The fraction of sp³-hybridized carbons (Fsp3) is 0.250. The highest BCUT2D eigenvalue weighted by molar-refractivity contribution is 5.88. The lowest BCUT2D eigenvalue weighted by atomic mass is 10.2. The van der Waals surface area contributed by atoms with Crippen molar-refractivity contribution in [3.63, 3.8) is 0 Å². The highest BCUT2D eigenvalue weighted by atomic mass is 16.5. The van der Waals surface area contributed by atoms with E-state index in [9.17, 15) is 4.79 Å². The maximum absolute atomic E-state index is 11.5. The standard InChI is InChI=1S/C12H13N3O3/c1-3-18-12(16)9-7-8(14-15-9)11-10(17-2)5-4-6-13-11/h4-7H,3H2,1-2H3,(H,14,15). The smallest absolute Gasteiger partial charge is 0.356 e. The fourth-order valence-corrected chi connectivity index (χ4v) is 1.50. The Morgan fingerprint density at radius 1 is 1.50 bits per heavy atom. The van der Waals surface area contributed by atoms with Crippen molar-refractivity contribution in [2.24, 2.45) is 0 Å². The molecular formula is C12H13N3O3. The highest BCUT2D eigenvalue weighted by Crippen LogP contribution is 2.25. The second-order valence-electron chi connectivity index (χ2n) is 3.44. The van der Waals surface area contributed by atoms with Gasteiger partial charge in [-0.15, -0.1) is 0 Å². The van der Waals surface area contributed by atoms with E-state index in [1.54, 1.807) is 38.4 Å². The van der Waals surface area contributed by atoms with Crippen molar-refractivity contribution in [1.82, 2.24) is 15.2 Å². The van der Waals surface area contributed by atoms with Gasteiger partial charge in [-0.25, -0.2) is 4.79 Å². The summed E-state index contributed by atoms with van der Waals surface area (Å²) in [5.74, 6) is 0.158. The number of pyridine rings is 1. The molecule has 2 aromatic heterocycles. The minimum Gasteiger partial charge on any atom is -0.494 e. The van der Waals surface area contributed by atoms with Crippen LogP contribution in [0.3, 0.4) is 0 Å². The lowest BCUT2D eigenvalue weighted by Crippen LogP contribution is -2.04. The van der Waals surface area contributed by atoms with Crippen LogP contribution < -0.4 is 4.74 Å². The van der Waals surface area contributed by atoms with E-state index in [0.29, 0.717) is 29.4 Å². The van der Waals surface area contributed by atoms with Crippen LogP contribution >= 0.6 is 0 Å². The van der Waals surface area contributed by atoms with Crippen molar-refractivity contribution in [3.05, 3.63) is 30.1 Å². The van der Waals surface area contributed by atoms with Gasteiger partial charge in [-0.1, -0.05) is 0 Å². The molecule has 0 aliphatic carbocycles. The number of carbonyl (C=O) groups is 1. The quantitative estimate of drug-likeness (QED) is 0.831. The summed E-state index contributed by atoms with van der Waals surface area (Å²) in [5, 5.41) is 6.65. The number of ether oxygens (including phenoxy) is 2. The molecule has 0 saturated heterocycles. The number of H-pyrrole nitrogens is 1. The van der Waals surface area contributed by atoms with Crippen LogP contribution in [0.4, 0.5) is 0 Å². The van der Waals surface area contributed by atoms with E-state index in [-0.39, 0.29) is 0 Å². The number of methoxy groups -OCH3 is 1. The van der Waals surface area contributed by atoms with Gasteiger partial charge in [0.25, 0.3) is 0 Å². The Labute approximate surface area is 104 Å². The van der Waals surface area contributed by atoms with E-state index in [1.807, 2.05) is 0 Å². The molecule has 2 rings (SSSR count). The van der Waals surface area contributed by atoms with Crippen molar-refractivity contribution in [3.8, 4) is 17.1 Å². The molecule has 1 N–H and O–H groups in total. The molecule has 94 valence electrons. The Balaban J connectivity index is 2.32. The molecule has 2 heterocycles. The second-order valence-corrected chi connectivity index (χ2v) is 3.44. The number of aromatic nitrogens is 3. The van der Waals surface area contributed by atoms with Gasteiger partial charge >= 0.3 is 5.97 Å². The number of carbonyl (C=O) groups excluding carboxylic acids is 1. The molecule has 0 saturated carbocycles. The third-order valence-electron chi connectivity index (χ3n) is 2.31. The molecule has 0 fully saturated rings. The first kappa shape index (κ1) is 12.1. The van der Waals surface area contributed by atoms with Gasteiger partial charge < -0.3 is 9.47 Å². The lowest BCUT2D eigenvalue weighted by molar-refractivity contribution is 0.0519. The number of hydrogen-bond acceptors (Lipinski definition) is 5. The average Bonchev–Trinajstić information content (AvgIpc) is 2.88. The third-order valence-corrected chi connectivity index (χ3v) is 2.31. The predicted molar refractivity (Wildman–Crippen MR) is 64.3 cm³/mol. The number of nitrogens with zero attached hydrogens (tertiary/aromatic N) is 2. The van der Waals surface area contributed by atoms with Gasteiger partial charge in [-0.3, -0.25) is 10.1 Å². The van der Waals surface area contributed by atoms with Gasteiger partial charge in [-0.05, 0) is 19.1 Å². The maximum Gasteiger partial charge on any atom is 0.356 e. The molecule has 6 heteroatoms. The molecule has 0 unspecified atom stereocenters. The molecule has 0 aliphatic rings. The summed E-state index contributed by atoms with van der Waals surface area (Å²) in [6, 6.07) is 5.13. The molecule has 2 aromatic rings. The first-order chi connectivity index (χ1) is 8.76. The molecule has 0 radical (unpaired) electrons. The van der Waals surface area contributed by atoms with Crippen LogP contribution in [0.2, 0.25) is 0 Å². The number of aromatic amines is 1. The Morgan fingerprint density at radius 3 is 3.06 bits per heavy atom. The van der Waals surface area contributed by atoms with Crippen molar-refractivity contribution >= 4 is 5.97 Å². The monoisotopic (exact) mass is 247 g/mol. The van der Waals surface area contributed by atoms with Gasteiger partial charge in [0.05, 0.1) is 13.7 Å². The van der Waals surface area contributed by atoms with Crippen LogP contribution in [0.1, 0.15) is 17.4 Å². The Kier molecular flexibility index (Phi) is 3.57. The zero-order chi connectivity index (χ0) is 13.0. The van der Waals surface area contributed by atoms with E-state index in [4.69, 9.17) is 9.47 Å². The number of nitrogens with one attached hydrogen (secondary N) is 1. The summed E-state index contributed by atoms with van der Waals surface area (Å²) >= 11 is 0. The van der Waals surface area contributed by atoms with Crippen molar-refractivity contribution < 1.29 is 14.3 Å². The Hall–Kier alpha value is -2.37. The molecule has 0 amide bonds. The van der Waals surface area contributed by atoms with Gasteiger partial charge in [0, 0.05) is 12.3 Å². The molecule has 0 atom stereocenters. The van der Waals surface area contributed by atoms with E-state index < -0.39 is 5.97 Å². The third kappa shape index (κ3) is 2.32. The molecule has 0 aliphatic heterocycles. The van der Waals surface area contributed by atoms with Crippen LogP contribution in [0.25, 0.3) is 11.4 Å². The molecular weight excluding hydrogens is 234 g/mol. The summed E-state index contributed by atoms with van der Waals surface area (Å²) in [7, 11) is 1.55. The van der Waals surface area contributed by atoms with E-state index >= 15 is 0 Å². The summed E-state index contributed by atoms with van der Waals surface area (Å²) in [5.41, 5.74) is 1.40. The van der Waals surface area contributed by atoms with Gasteiger partial charge in [0.15, 0.2) is 0 Å². The molecule has 0 spiro atoms. The van der Waals surface area contributed by atoms with Crippen LogP contribution in [0.15, 0.2) is 24.4 Å². The number of hydrogen-bond donors (Lipinski definition) is 1. The molecule has 18 heavy (non-hydrogen) atoms. The molecule has 6 nitrogen and oxygen atoms in total. The minimum atomic E-state index is -0.439. The van der Waals surface area contributed by atoms with Crippen molar-refractivity contribution in [1.29, 1.82) is 0 Å². The lowest BCUT2D eigenvalue weighted by Gasteiger charge is -2.03. The summed E-state index contributed by atoms with van der Waals surface area (Å²) in [6.07, 6.45) is 1.64. The fourth-order valence-electron chi connectivity index (χ4n) is 1.50. The summed E-state index contributed by atoms with van der Waals surface area (Å²) < 4.78 is 10.1. The SMILES string of the molecule is CCOC(=O)c1cc(-c2ncccc2OC)n[nH]1. The predicted octanol–water partition coefficient (Wildman–Crippen LogP) is 1.66. The van der Waals surface area contributed by atoms with Crippen molar-refractivity contribution in [2.45, 2.75) is 6.92 Å². The second kappa shape index (κ2) is 5.31. The van der Waals surface area contributed by atoms with E-state index in [0.717, 1.165) is 0 Å². The van der Waals surface area contributed by atoms with E-state index in [2.05, 4.69) is 15.2 Å². The summed E-state index contributed by atoms with van der Waals surface area (Å²) in [6.45, 7) is 2.07. The first-order valence-electron chi connectivity index (χ1n) is 5.48. The molecule has 0 bridgehead atoms. The van der Waals surface area contributed by atoms with E-state index in [1.165, 1.54) is 0 Å². The van der Waals surface area contributed by atoms with Crippen LogP contribution in [-0.4, -0.2) is 34.9 Å². The first-order valence-corrected chi connectivity index (χ1v) is 5.48. The zero-order valence-corrected chi connectivity index (χ0v) is 10.1. The van der Waals surface area contributed by atoms with Crippen LogP contribution in [0.5, 0.6) is 5.75 Å². The van der Waals surface area contributed by atoms with Crippen LogP contribution in [-0.2, 0) is 4.74 Å². The molecule has 0 aromatic carbocycles. The summed E-state index contributed by atoms with van der Waals surface area (Å²) in [4.78, 5) is 15.7. The van der Waals surface area contributed by atoms with Gasteiger partial charge in [-0.2, -0.15) is 5.10 Å². The average molecular weight is 247 g/mol. The van der Waals surface area contributed by atoms with Crippen molar-refractivity contribution in [2.75, 3.05) is 13.7 Å². The highest BCUT2D eigenvalue weighted by Gasteiger charge is 2.15. The Bertz CT molecular complexity index is 551. The largest absolute Gasteiger partial charge is 0.494 e. The van der Waals surface area contributed by atoms with Crippen LogP contribution in [0, 0.1) is 0 Å². The minimum absolute atomic E-state index is 0.291. The Morgan fingerprint density at radius 2 is 2.33 bits per heavy atom. The normalized spacial score (nSPS) is 10.1. The number of esters is 1. The van der Waals surface area contributed by atoms with Gasteiger partial charge in [0.1, 0.15) is 22.8 Å². The zero-order valence-electron chi connectivity index (χ0n) is 10.1. The van der Waals surface area contributed by atoms with Gasteiger partial charge in [0.2, 0.25) is 0 Å². The topological polar surface area (TPSA) is 77.1 Å². The number of rotatable bonds is 4. The maximum atomic E-state index is 11.5.